The van der Waals surface area contributed by atoms with Crippen LogP contribution < -0.4 is 15.4 Å². The Morgan fingerprint density at radius 2 is 1.84 bits per heavy atom. The highest BCUT2D eigenvalue weighted by atomic mass is 35.5. The number of anilines is 1. The third-order valence-electron chi connectivity index (χ3n) is 5.56. The number of urea groups is 1. The fraction of sp³-hybridized carbons (Fsp3) is 0.259. The highest BCUT2D eigenvalue weighted by Gasteiger charge is 2.22. The zero-order chi connectivity index (χ0) is 26.7. The Morgan fingerprint density at radius 1 is 1.11 bits per heavy atom. The highest BCUT2D eigenvalue weighted by Crippen LogP contribution is 2.30. The second kappa shape index (κ2) is 10.6. The number of ether oxygens (including phenoxy) is 1. The second-order valence-electron chi connectivity index (χ2n) is 9.70. The van der Waals surface area contributed by atoms with Crippen LogP contribution in [0.2, 0.25) is 5.28 Å². The van der Waals surface area contributed by atoms with Crippen LogP contribution in [0.3, 0.4) is 0 Å². The molecule has 0 saturated heterocycles. The molecule has 0 aliphatic heterocycles. The maximum atomic E-state index is 14.2. The summed E-state index contributed by atoms with van der Waals surface area (Å²) in [5, 5.41) is 10.4. The Balaban J connectivity index is 1.55. The number of carbonyl (C=O) groups is 1. The minimum Gasteiger partial charge on any atom is -0.438 e. The number of halogens is 2. The van der Waals surface area contributed by atoms with Crippen molar-refractivity contribution in [3.63, 3.8) is 0 Å². The first-order valence-electron chi connectivity index (χ1n) is 11.7. The van der Waals surface area contributed by atoms with E-state index >= 15 is 0 Å². The van der Waals surface area contributed by atoms with Crippen LogP contribution in [0.4, 0.5) is 15.0 Å². The lowest BCUT2D eigenvalue weighted by Crippen LogP contribution is -2.29. The van der Waals surface area contributed by atoms with Gasteiger partial charge in [-0.2, -0.15) is 10.1 Å². The Kier molecular flexibility index (Phi) is 7.45. The molecule has 0 aliphatic rings. The summed E-state index contributed by atoms with van der Waals surface area (Å²) in [6.45, 7) is 9.87. The molecule has 0 atom stereocenters. The normalized spacial score (nSPS) is 11.3. The highest BCUT2D eigenvalue weighted by molar-refractivity contribution is 6.28. The predicted octanol–water partition coefficient (Wildman–Crippen LogP) is 6.48. The van der Waals surface area contributed by atoms with E-state index in [4.69, 9.17) is 21.4 Å². The van der Waals surface area contributed by atoms with Crippen LogP contribution in [0.1, 0.15) is 43.2 Å². The van der Waals surface area contributed by atoms with Crippen molar-refractivity contribution in [2.75, 3.05) is 5.32 Å². The molecule has 2 amide bonds. The van der Waals surface area contributed by atoms with Crippen molar-refractivity contribution in [1.82, 2.24) is 25.1 Å². The summed E-state index contributed by atoms with van der Waals surface area (Å²) in [6, 6.07) is 13.4. The van der Waals surface area contributed by atoms with Gasteiger partial charge >= 0.3 is 6.03 Å². The summed E-state index contributed by atoms with van der Waals surface area (Å²) in [4.78, 5) is 20.8. The summed E-state index contributed by atoms with van der Waals surface area (Å²) in [7, 11) is 0. The lowest BCUT2D eigenvalue weighted by Gasteiger charge is -2.15. The summed E-state index contributed by atoms with van der Waals surface area (Å²) in [5.41, 5.74) is 3.51. The standard InChI is InChI=1S/C27H28ClFN6O2/c1-16-6-8-20(9-7-16)35-22(14-21(34-35)27(3,4)5)32-26(36)31-15-18-13-19(29)12-17(2)24(18)37-23-10-11-30-25(28)33-23/h6-14H,15H2,1-5H3,(H2,31,32,36). The second-order valence-corrected chi connectivity index (χ2v) is 10.0. The van der Waals surface area contributed by atoms with Crippen molar-refractivity contribution in [2.45, 2.75) is 46.6 Å². The van der Waals surface area contributed by atoms with E-state index in [0.717, 1.165) is 16.9 Å². The molecule has 8 nitrogen and oxygen atoms in total. The molecule has 4 rings (SSSR count). The molecule has 10 heteroatoms. The monoisotopic (exact) mass is 522 g/mol. The fourth-order valence-corrected chi connectivity index (χ4v) is 3.75. The number of aromatic nitrogens is 4. The van der Waals surface area contributed by atoms with Gasteiger partial charge in [-0.05, 0) is 55.3 Å². The fourth-order valence-electron chi connectivity index (χ4n) is 3.61. The van der Waals surface area contributed by atoms with Crippen LogP contribution in [-0.4, -0.2) is 25.8 Å². The smallest absolute Gasteiger partial charge is 0.320 e. The van der Waals surface area contributed by atoms with Gasteiger partial charge in [0.05, 0.1) is 11.4 Å². The quantitative estimate of drug-likeness (QED) is 0.282. The first-order valence-corrected chi connectivity index (χ1v) is 12.1. The molecular formula is C27H28ClFN6O2. The number of hydrogen-bond donors (Lipinski definition) is 2. The van der Waals surface area contributed by atoms with Crippen LogP contribution in [-0.2, 0) is 12.0 Å². The van der Waals surface area contributed by atoms with Crippen LogP contribution in [0.15, 0.2) is 54.7 Å². The molecule has 2 heterocycles. The lowest BCUT2D eigenvalue weighted by molar-refractivity contribution is 0.251. The first kappa shape index (κ1) is 26.1. The number of nitrogens with one attached hydrogen (secondary N) is 2. The molecule has 0 saturated carbocycles. The van der Waals surface area contributed by atoms with Gasteiger partial charge in [-0.3, -0.25) is 5.32 Å². The number of benzene rings is 2. The van der Waals surface area contributed by atoms with Crippen LogP contribution in [0.5, 0.6) is 11.6 Å². The first-order chi connectivity index (χ1) is 17.5. The summed E-state index contributed by atoms with van der Waals surface area (Å²) in [6.07, 6.45) is 1.46. The zero-order valence-corrected chi connectivity index (χ0v) is 22.0. The Hall–Kier alpha value is -3.98. The molecule has 2 aromatic carbocycles. The van der Waals surface area contributed by atoms with Gasteiger partial charge in [0.1, 0.15) is 17.4 Å². The Bertz CT molecular complexity index is 1430. The third kappa shape index (κ3) is 6.42. The van der Waals surface area contributed by atoms with Gasteiger partial charge in [0.2, 0.25) is 11.2 Å². The van der Waals surface area contributed by atoms with Crippen LogP contribution >= 0.6 is 11.6 Å². The van der Waals surface area contributed by atoms with Gasteiger partial charge < -0.3 is 10.1 Å². The number of nitrogens with zero attached hydrogens (tertiary/aromatic N) is 4. The molecule has 0 fully saturated rings. The molecule has 0 unspecified atom stereocenters. The van der Waals surface area contributed by atoms with Crippen molar-refractivity contribution in [3.05, 3.63) is 88.2 Å². The van der Waals surface area contributed by atoms with Crippen LogP contribution in [0.25, 0.3) is 5.69 Å². The average Bonchev–Trinajstić information content (AvgIpc) is 3.24. The number of aryl methyl sites for hydroxylation is 2. The minimum absolute atomic E-state index is 0.00335. The summed E-state index contributed by atoms with van der Waals surface area (Å²) >= 11 is 5.86. The maximum Gasteiger partial charge on any atom is 0.320 e. The van der Waals surface area contributed by atoms with Gasteiger partial charge in [0.15, 0.2) is 0 Å². The Labute approximate surface area is 219 Å². The molecule has 0 bridgehead atoms. The van der Waals surface area contributed by atoms with Gasteiger partial charge in [0.25, 0.3) is 0 Å². The molecule has 192 valence electrons. The molecule has 0 spiro atoms. The topological polar surface area (TPSA) is 94.0 Å². The average molecular weight is 523 g/mol. The van der Waals surface area contributed by atoms with Crippen molar-refractivity contribution >= 4 is 23.4 Å². The van der Waals surface area contributed by atoms with Crippen molar-refractivity contribution in [3.8, 4) is 17.3 Å². The van der Waals surface area contributed by atoms with Gasteiger partial charge in [0, 0.05) is 35.9 Å². The number of amides is 2. The van der Waals surface area contributed by atoms with E-state index in [-0.39, 0.29) is 23.1 Å². The van der Waals surface area contributed by atoms with Gasteiger partial charge in [-0.15, -0.1) is 0 Å². The van der Waals surface area contributed by atoms with Gasteiger partial charge in [-0.1, -0.05) is 38.5 Å². The lowest BCUT2D eigenvalue weighted by atomic mass is 9.92. The number of rotatable bonds is 6. The van der Waals surface area contributed by atoms with E-state index in [1.807, 2.05) is 37.3 Å². The van der Waals surface area contributed by atoms with E-state index in [1.165, 1.54) is 24.4 Å². The van der Waals surface area contributed by atoms with Crippen molar-refractivity contribution < 1.29 is 13.9 Å². The molecule has 0 radical (unpaired) electrons. The van der Waals surface area contributed by atoms with Crippen LogP contribution in [0, 0.1) is 19.7 Å². The number of hydrogen-bond acceptors (Lipinski definition) is 5. The van der Waals surface area contributed by atoms with E-state index in [9.17, 15) is 9.18 Å². The van der Waals surface area contributed by atoms with E-state index < -0.39 is 11.8 Å². The van der Waals surface area contributed by atoms with E-state index in [1.54, 1.807) is 11.6 Å². The SMILES string of the molecule is Cc1ccc(-n2nc(C(C)(C)C)cc2NC(=O)NCc2cc(F)cc(C)c2Oc2ccnc(Cl)n2)cc1. The maximum absolute atomic E-state index is 14.2. The predicted molar refractivity (Wildman–Crippen MR) is 141 cm³/mol. The minimum atomic E-state index is -0.480. The Morgan fingerprint density at radius 3 is 2.51 bits per heavy atom. The largest absolute Gasteiger partial charge is 0.438 e. The molecular weight excluding hydrogens is 495 g/mol. The molecule has 37 heavy (non-hydrogen) atoms. The molecule has 2 aromatic heterocycles. The van der Waals surface area contributed by atoms with Gasteiger partial charge in [-0.25, -0.2) is 18.9 Å². The third-order valence-corrected chi connectivity index (χ3v) is 5.74. The summed E-state index contributed by atoms with van der Waals surface area (Å²) < 4.78 is 21.8. The summed E-state index contributed by atoms with van der Waals surface area (Å²) in [5.74, 6) is 0.636. The van der Waals surface area contributed by atoms with E-state index in [2.05, 4.69) is 41.4 Å². The number of carbonyl (C=O) groups excluding carboxylic acids is 1. The molecule has 4 aromatic rings. The van der Waals surface area contributed by atoms with Crippen molar-refractivity contribution in [1.29, 1.82) is 0 Å². The molecule has 2 N–H and O–H groups in total. The molecule has 0 aliphatic carbocycles. The van der Waals surface area contributed by atoms with Crippen molar-refractivity contribution in [2.24, 2.45) is 0 Å². The zero-order valence-electron chi connectivity index (χ0n) is 21.3. The van der Waals surface area contributed by atoms with E-state index in [0.29, 0.717) is 22.7 Å².